The topological polar surface area (TPSA) is 35.5 Å². The first-order chi connectivity index (χ1) is 6.20. The second-order valence-electron chi connectivity index (χ2n) is 3.67. The van der Waals surface area contributed by atoms with Crippen molar-refractivity contribution in [1.82, 2.24) is 0 Å². The molecule has 2 fully saturated rings. The van der Waals surface area contributed by atoms with E-state index in [-0.39, 0.29) is 5.78 Å². The van der Waals surface area contributed by atoms with Crippen molar-refractivity contribution < 1.29 is 14.3 Å². The molecule has 0 aromatic rings. The zero-order chi connectivity index (χ0) is 9.31. The van der Waals surface area contributed by atoms with Gasteiger partial charge >= 0.3 is 0 Å². The molecule has 2 atom stereocenters. The van der Waals surface area contributed by atoms with E-state index in [0.717, 1.165) is 25.9 Å². The Hall–Kier alpha value is -0.670. The summed E-state index contributed by atoms with van der Waals surface area (Å²) in [6, 6.07) is 0. The first kappa shape index (κ1) is 8.91. The predicted octanol–water partition coefficient (Wildman–Crippen LogP) is 1.43. The molecule has 2 rings (SSSR count). The fourth-order valence-corrected chi connectivity index (χ4v) is 1.85. The Labute approximate surface area is 77.7 Å². The van der Waals surface area contributed by atoms with Gasteiger partial charge in [0.15, 0.2) is 11.6 Å². The Morgan fingerprint density at radius 1 is 1.54 bits per heavy atom. The van der Waals surface area contributed by atoms with Gasteiger partial charge in [0.25, 0.3) is 0 Å². The van der Waals surface area contributed by atoms with Crippen LogP contribution in [0.2, 0.25) is 0 Å². The van der Waals surface area contributed by atoms with Crippen molar-refractivity contribution in [3.63, 3.8) is 0 Å². The second kappa shape index (κ2) is 3.24. The van der Waals surface area contributed by atoms with Gasteiger partial charge in [0.1, 0.15) is 0 Å². The highest BCUT2D eigenvalue weighted by molar-refractivity contribution is 5.87. The summed E-state index contributed by atoms with van der Waals surface area (Å²) in [4.78, 5) is 10.8. The van der Waals surface area contributed by atoms with Crippen LogP contribution in [0.3, 0.4) is 0 Å². The summed E-state index contributed by atoms with van der Waals surface area (Å²) < 4.78 is 11.2. The van der Waals surface area contributed by atoms with E-state index in [2.05, 4.69) is 0 Å². The fourth-order valence-electron chi connectivity index (χ4n) is 1.85. The molecule has 0 aliphatic carbocycles. The van der Waals surface area contributed by atoms with Gasteiger partial charge in [0, 0.05) is 6.42 Å². The molecule has 72 valence electrons. The summed E-state index contributed by atoms with van der Waals surface area (Å²) >= 11 is 0. The van der Waals surface area contributed by atoms with E-state index in [0.29, 0.717) is 6.10 Å². The van der Waals surface area contributed by atoms with Crippen LogP contribution in [0.25, 0.3) is 0 Å². The molecule has 0 saturated carbocycles. The molecule has 0 aromatic heterocycles. The molecule has 0 spiro atoms. The molecule has 0 N–H and O–H groups in total. The van der Waals surface area contributed by atoms with Crippen molar-refractivity contribution in [2.75, 3.05) is 6.61 Å². The van der Waals surface area contributed by atoms with Crippen molar-refractivity contribution in [3.8, 4) is 0 Å². The summed E-state index contributed by atoms with van der Waals surface area (Å²) in [5.74, 6) is -0.537. The van der Waals surface area contributed by atoms with Gasteiger partial charge in [0.05, 0.1) is 12.7 Å². The summed E-state index contributed by atoms with van der Waals surface area (Å²) in [5, 5.41) is 0. The Kier molecular flexibility index (Phi) is 2.22. The maximum absolute atomic E-state index is 10.8. The fraction of sp³-hybridized carbons (Fsp3) is 0.700. The minimum Gasteiger partial charge on any atom is -0.346 e. The summed E-state index contributed by atoms with van der Waals surface area (Å²) in [5.41, 5.74) is 0. The molecule has 2 aliphatic rings. The number of ketones is 1. The zero-order valence-electron chi connectivity index (χ0n) is 7.79. The number of rotatable bonds is 2. The molecule has 3 nitrogen and oxygen atoms in total. The molecule has 2 saturated heterocycles. The van der Waals surface area contributed by atoms with Crippen LogP contribution in [0, 0.1) is 0 Å². The molecule has 0 amide bonds. The molecule has 2 bridgehead atoms. The van der Waals surface area contributed by atoms with Crippen molar-refractivity contribution in [3.05, 3.63) is 12.2 Å². The van der Waals surface area contributed by atoms with Gasteiger partial charge in [-0.3, -0.25) is 4.79 Å². The minimum absolute atomic E-state index is 0.0376. The maximum atomic E-state index is 10.8. The molecule has 0 aromatic carbocycles. The number of hydrogen-bond donors (Lipinski definition) is 0. The molecule has 0 unspecified atom stereocenters. The summed E-state index contributed by atoms with van der Waals surface area (Å²) in [6.07, 6.45) is 6.53. The van der Waals surface area contributed by atoms with Gasteiger partial charge in [-0.15, -0.1) is 0 Å². The molecule has 3 heteroatoms. The second-order valence-corrected chi connectivity index (χ2v) is 3.67. The highest BCUT2D eigenvalue weighted by Crippen LogP contribution is 2.38. The highest BCUT2D eigenvalue weighted by atomic mass is 16.7. The van der Waals surface area contributed by atoms with E-state index in [1.165, 1.54) is 13.0 Å². The van der Waals surface area contributed by atoms with Crippen molar-refractivity contribution in [2.24, 2.45) is 0 Å². The van der Waals surface area contributed by atoms with Crippen LogP contribution >= 0.6 is 0 Å². The highest BCUT2D eigenvalue weighted by Gasteiger charge is 2.42. The Morgan fingerprint density at radius 3 is 3.15 bits per heavy atom. The minimum atomic E-state index is -0.575. The van der Waals surface area contributed by atoms with Gasteiger partial charge in [-0.2, -0.15) is 0 Å². The van der Waals surface area contributed by atoms with Crippen molar-refractivity contribution >= 4 is 5.78 Å². The standard InChI is InChI=1S/C10H14O3/c1-8(11)2-5-10-6-3-9(13-10)4-7-12-10/h2,5,9H,3-4,6-7H2,1H3/b5-2+/t9-,10+/m0/s1. The van der Waals surface area contributed by atoms with Gasteiger partial charge in [-0.1, -0.05) is 0 Å². The van der Waals surface area contributed by atoms with Crippen LogP contribution in [0.1, 0.15) is 26.2 Å². The van der Waals surface area contributed by atoms with Crippen molar-refractivity contribution in [2.45, 2.75) is 38.1 Å². The third kappa shape index (κ3) is 1.81. The van der Waals surface area contributed by atoms with Crippen LogP contribution in [0.15, 0.2) is 12.2 Å². The average molecular weight is 182 g/mol. The monoisotopic (exact) mass is 182 g/mol. The van der Waals surface area contributed by atoms with E-state index < -0.39 is 5.79 Å². The predicted molar refractivity (Wildman–Crippen MR) is 47.2 cm³/mol. The first-order valence-corrected chi connectivity index (χ1v) is 4.72. The average Bonchev–Trinajstić information content (AvgIpc) is 2.40. The van der Waals surface area contributed by atoms with Gasteiger partial charge in [-0.05, 0) is 31.9 Å². The Balaban J connectivity index is 2.07. The van der Waals surface area contributed by atoms with Crippen LogP contribution in [-0.4, -0.2) is 24.3 Å². The molecular weight excluding hydrogens is 168 g/mol. The molecule has 2 aliphatic heterocycles. The Morgan fingerprint density at radius 2 is 2.38 bits per heavy atom. The van der Waals surface area contributed by atoms with Crippen LogP contribution < -0.4 is 0 Å². The summed E-state index contributed by atoms with van der Waals surface area (Å²) in [7, 11) is 0. The quantitative estimate of drug-likeness (QED) is 0.606. The smallest absolute Gasteiger partial charge is 0.188 e. The van der Waals surface area contributed by atoms with E-state index >= 15 is 0 Å². The normalized spacial score (nSPS) is 38.4. The van der Waals surface area contributed by atoms with Crippen LogP contribution in [0.5, 0.6) is 0 Å². The third-order valence-electron chi connectivity index (χ3n) is 2.54. The van der Waals surface area contributed by atoms with Gasteiger partial charge in [0.2, 0.25) is 0 Å². The number of hydrogen-bond acceptors (Lipinski definition) is 3. The van der Waals surface area contributed by atoms with Crippen LogP contribution in [0.4, 0.5) is 0 Å². The first-order valence-electron chi connectivity index (χ1n) is 4.72. The number of carbonyl (C=O) groups excluding carboxylic acids is 1. The van der Waals surface area contributed by atoms with E-state index in [1.807, 2.05) is 0 Å². The lowest BCUT2D eigenvalue weighted by Gasteiger charge is -2.30. The molecule has 2 heterocycles. The lowest BCUT2D eigenvalue weighted by atomic mass is 10.1. The van der Waals surface area contributed by atoms with Crippen molar-refractivity contribution in [1.29, 1.82) is 0 Å². The van der Waals surface area contributed by atoms with Gasteiger partial charge < -0.3 is 9.47 Å². The zero-order valence-corrected chi connectivity index (χ0v) is 7.79. The van der Waals surface area contributed by atoms with E-state index in [9.17, 15) is 4.79 Å². The van der Waals surface area contributed by atoms with Crippen LogP contribution in [-0.2, 0) is 14.3 Å². The largest absolute Gasteiger partial charge is 0.346 e. The number of ether oxygens (including phenoxy) is 2. The number of allylic oxidation sites excluding steroid dienone is 1. The molecule has 13 heavy (non-hydrogen) atoms. The number of carbonyl (C=O) groups is 1. The van der Waals surface area contributed by atoms with E-state index in [1.54, 1.807) is 6.08 Å². The lowest BCUT2D eigenvalue weighted by molar-refractivity contribution is -0.228. The maximum Gasteiger partial charge on any atom is 0.188 e. The molecular formula is C10H14O3. The number of fused-ring (bicyclic) bond motifs is 2. The van der Waals surface area contributed by atoms with E-state index in [4.69, 9.17) is 9.47 Å². The van der Waals surface area contributed by atoms with Gasteiger partial charge in [-0.25, -0.2) is 0 Å². The lowest BCUT2D eigenvalue weighted by Crippen LogP contribution is -2.35. The Bertz CT molecular complexity index is 243. The third-order valence-corrected chi connectivity index (χ3v) is 2.54. The molecule has 0 radical (unpaired) electrons. The SMILES string of the molecule is CC(=O)/C=C/[C@@]12CC[C@@H](CCO1)O2. The summed E-state index contributed by atoms with van der Waals surface area (Å²) in [6.45, 7) is 2.27.